The lowest BCUT2D eigenvalue weighted by Crippen LogP contribution is -2.31. The molecule has 24 heavy (non-hydrogen) atoms. The number of aryl methyl sites for hydroxylation is 2. The molecule has 0 aliphatic heterocycles. The molecule has 0 heterocycles. The van der Waals surface area contributed by atoms with E-state index in [2.05, 4.69) is 5.32 Å². The van der Waals surface area contributed by atoms with Gasteiger partial charge < -0.3 is 10.1 Å². The zero-order valence-electron chi connectivity index (χ0n) is 14.7. The van der Waals surface area contributed by atoms with E-state index < -0.39 is 0 Å². The predicted octanol–water partition coefficient (Wildman–Crippen LogP) is 3.64. The van der Waals surface area contributed by atoms with Crippen molar-refractivity contribution in [2.45, 2.75) is 20.3 Å². The lowest BCUT2D eigenvalue weighted by atomic mass is 10.2. The standard InChI is InChI=1S/C20H26N2O2/c1-16-9-11-18(12-10-16)21-20(23)15-22(3)13-6-14-24-19-8-5-4-7-17(19)2/h4-5,7-12H,6,13-15H2,1-3H3,(H,21,23). The number of likely N-dealkylation sites (N-methyl/N-ethyl adjacent to an activating group) is 1. The zero-order chi connectivity index (χ0) is 17.4. The Morgan fingerprint density at radius 1 is 1.08 bits per heavy atom. The Hall–Kier alpha value is -2.33. The van der Waals surface area contributed by atoms with E-state index in [1.54, 1.807) is 0 Å². The van der Waals surface area contributed by atoms with Gasteiger partial charge in [0.25, 0.3) is 0 Å². The first-order chi connectivity index (χ1) is 11.5. The summed E-state index contributed by atoms with van der Waals surface area (Å²) in [6.45, 7) is 5.90. The van der Waals surface area contributed by atoms with E-state index in [9.17, 15) is 4.79 Å². The summed E-state index contributed by atoms with van der Waals surface area (Å²) in [5.74, 6) is 0.929. The molecule has 4 nitrogen and oxygen atoms in total. The molecular weight excluding hydrogens is 300 g/mol. The number of nitrogens with zero attached hydrogens (tertiary/aromatic N) is 1. The van der Waals surface area contributed by atoms with Crippen LogP contribution in [0.1, 0.15) is 17.5 Å². The maximum absolute atomic E-state index is 12.0. The summed E-state index contributed by atoms with van der Waals surface area (Å²) in [6, 6.07) is 15.8. The number of nitrogens with one attached hydrogen (secondary N) is 1. The smallest absolute Gasteiger partial charge is 0.238 e. The molecule has 0 spiro atoms. The van der Waals surface area contributed by atoms with Crippen LogP contribution in [0.15, 0.2) is 48.5 Å². The third-order valence-corrected chi connectivity index (χ3v) is 3.78. The van der Waals surface area contributed by atoms with E-state index >= 15 is 0 Å². The van der Waals surface area contributed by atoms with Gasteiger partial charge in [-0.1, -0.05) is 35.9 Å². The summed E-state index contributed by atoms with van der Waals surface area (Å²) in [5, 5.41) is 2.91. The number of hydrogen-bond donors (Lipinski definition) is 1. The SMILES string of the molecule is Cc1ccc(NC(=O)CN(C)CCCOc2ccccc2C)cc1. The van der Waals surface area contributed by atoms with Gasteiger partial charge in [-0.2, -0.15) is 0 Å². The summed E-state index contributed by atoms with van der Waals surface area (Å²) in [5.41, 5.74) is 3.16. The van der Waals surface area contributed by atoms with Crippen molar-refractivity contribution in [2.24, 2.45) is 0 Å². The van der Waals surface area contributed by atoms with E-state index in [-0.39, 0.29) is 5.91 Å². The summed E-state index contributed by atoms with van der Waals surface area (Å²) in [4.78, 5) is 14.0. The summed E-state index contributed by atoms with van der Waals surface area (Å²) in [6.07, 6.45) is 0.878. The van der Waals surface area contributed by atoms with Crippen LogP contribution in [0.3, 0.4) is 0 Å². The molecular formula is C20H26N2O2. The fourth-order valence-electron chi connectivity index (χ4n) is 2.40. The molecule has 0 atom stereocenters. The minimum absolute atomic E-state index is 0.00109. The van der Waals surface area contributed by atoms with Crippen LogP contribution in [-0.4, -0.2) is 37.6 Å². The number of hydrogen-bond acceptors (Lipinski definition) is 3. The summed E-state index contributed by atoms with van der Waals surface area (Å²) >= 11 is 0. The van der Waals surface area contributed by atoms with Crippen LogP contribution in [0, 0.1) is 13.8 Å². The highest BCUT2D eigenvalue weighted by Gasteiger charge is 2.07. The van der Waals surface area contributed by atoms with Crippen molar-refractivity contribution >= 4 is 11.6 Å². The van der Waals surface area contributed by atoms with Gasteiger partial charge in [-0.3, -0.25) is 9.69 Å². The predicted molar refractivity (Wildman–Crippen MR) is 98.6 cm³/mol. The van der Waals surface area contributed by atoms with Gasteiger partial charge in [-0.15, -0.1) is 0 Å². The average molecular weight is 326 g/mol. The minimum Gasteiger partial charge on any atom is -0.493 e. The third-order valence-electron chi connectivity index (χ3n) is 3.78. The largest absolute Gasteiger partial charge is 0.493 e. The number of benzene rings is 2. The lowest BCUT2D eigenvalue weighted by Gasteiger charge is -2.16. The lowest BCUT2D eigenvalue weighted by molar-refractivity contribution is -0.117. The maximum atomic E-state index is 12.0. The van der Waals surface area contributed by atoms with E-state index in [0.29, 0.717) is 13.2 Å². The van der Waals surface area contributed by atoms with Crippen LogP contribution in [0.25, 0.3) is 0 Å². The zero-order valence-corrected chi connectivity index (χ0v) is 14.7. The van der Waals surface area contributed by atoms with Gasteiger partial charge in [0.1, 0.15) is 5.75 Å². The van der Waals surface area contributed by atoms with Crippen LogP contribution < -0.4 is 10.1 Å². The van der Waals surface area contributed by atoms with Crippen LogP contribution in [0.4, 0.5) is 5.69 Å². The minimum atomic E-state index is 0.00109. The van der Waals surface area contributed by atoms with Gasteiger partial charge in [0.2, 0.25) is 5.91 Å². The molecule has 0 fully saturated rings. The average Bonchev–Trinajstić information content (AvgIpc) is 2.55. The monoisotopic (exact) mass is 326 g/mol. The molecule has 4 heteroatoms. The Morgan fingerprint density at radius 3 is 2.50 bits per heavy atom. The number of amides is 1. The second kappa shape index (κ2) is 9.08. The second-order valence-electron chi connectivity index (χ2n) is 6.12. The highest BCUT2D eigenvalue weighted by atomic mass is 16.5. The van der Waals surface area contributed by atoms with Crippen molar-refractivity contribution < 1.29 is 9.53 Å². The van der Waals surface area contributed by atoms with Crippen LogP contribution in [-0.2, 0) is 4.79 Å². The van der Waals surface area contributed by atoms with Crippen molar-refractivity contribution in [3.8, 4) is 5.75 Å². The third kappa shape index (κ3) is 6.05. The summed E-state index contributed by atoms with van der Waals surface area (Å²) in [7, 11) is 1.95. The molecule has 2 aromatic carbocycles. The first-order valence-corrected chi connectivity index (χ1v) is 8.28. The Balaban J connectivity index is 1.65. The Labute approximate surface area is 144 Å². The number of para-hydroxylation sites is 1. The van der Waals surface area contributed by atoms with Crippen molar-refractivity contribution in [1.29, 1.82) is 0 Å². The van der Waals surface area contributed by atoms with E-state index in [1.165, 1.54) is 5.56 Å². The highest BCUT2D eigenvalue weighted by molar-refractivity contribution is 5.92. The number of rotatable bonds is 8. The van der Waals surface area contributed by atoms with E-state index in [4.69, 9.17) is 4.74 Å². The molecule has 1 amide bonds. The van der Waals surface area contributed by atoms with Crippen molar-refractivity contribution in [1.82, 2.24) is 4.90 Å². The molecule has 1 N–H and O–H groups in total. The molecule has 0 aliphatic carbocycles. The fourth-order valence-corrected chi connectivity index (χ4v) is 2.40. The molecule has 128 valence electrons. The van der Waals surface area contributed by atoms with Gasteiger partial charge in [-0.05, 0) is 51.1 Å². The topological polar surface area (TPSA) is 41.6 Å². The first kappa shape index (κ1) is 18.0. The van der Waals surface area contributed by atoms with Crippen LogP contribution >= 0.6 is 0 Å². The normalized spacial score (nSPS) is 10.7. The molecule has 0 bridgehead atoms. The molecule has 0 aromatic heterocycles. The number of carbonyl (C=O) groups is 1. The molecule has 0 saturated carbocycles. The van der Waals surface area contributed by atoms with Crippen molar-refractivity contribution in [2.75, 3.05) is 32.1 Å². The molecule has 0 saturated heterocycles. The Kier molecular flexibility index (Phi) is 6.82. The first-order valence-electron chi connectivity index (χ1n) is 8.28. The van der Waals surface area contributed by atoms with Crippen molar-refractivity contribution in [3.05, 3.63) is 59.7 Å². The quantitative estimate of drug-likeness (QED) is 0.753. The maximum Gasteiger partial charge on any atom is 0.238 e. The Morgan fingerprint density at radius 2 is 1.79 bits per heavy atom. The van der Waals surface area contributed by atoms with E-state index in [1.807, 2.05) is 74.3 Å². The van der Waals surface area contributed by atoms with Crippen LogP contribution in [0.2, 0.25) is 0 Å². The van der Waals surface area contributed by atoms with Gasteiger partial charge in [-0.25, -0.2) is 0 Å². The molecule has 2 rings (SSSR count). The van der Waals surface area contributed by atoms with Crippen LogP contribution in [0.5, 0.6) is 5.75 Å². The molecule has 0 unspecified atom stereocenters. The fraction of sp³-hybridized carbons (Fsp3) is 0.350. The van der Waals surface area contributed by atoms with Crippen molar-refractivity contribution in [3.63, 3.8) is 0 Å². The second-order valence-corrected chi connectivity index (χ2v) is 6.12. The number of anilines is 1. The Bertz CT molecular complexity index is 653. The summed E-state index contributed by atoms with van der Waals surface area (Å²) < 4.78 is 5.77. The van der Waals surface area contributed by atoms with Gasteiger partial charge in [0.05, 0.1) is 13.2 Å². The van der Waals surface area contributed by atoms with Gasteiger partial charge in [0.15, 0.2) is 0 Å². The molecule has 0 radical (unpaired) electrons. The number of ether oxygens (including phenoxy) is 1. The highest BCUT2D eigenvalue weighted by Crippen LogP contribution is 2.16. The van der Waals surface area contributed by atoms with Gasteiger partial charge >= 0.3 is 0 Å². The molecule has 2 aromatic rings. The molecule has 0 aliphatic rings. The van der Waals surface area contributed by atoms with E-state index in [0.717, 1.165) is 30.0 Å². The van der Waals surface area contributed by atoms with Gasteiger partial charge in [0, 0.05) is 12.2 Å². The number of carbonyl (C=O) groups excluding carboxylic acids is 1.